The maximum Gasteiger partial charge on any atom is 0.313 e. The average Bonchev–Trinajstić information content (AvgIpc) is 2.73. The summed E-state index contributed by atoms with van der Waals surface area (Å²) in [6.45, 7) is 3.48. The maximum absolute atomic E-state index is 12.3. The van der Waals surface area contributed by atoms with Gasteiger partial charge in [-0.3, -0.25) is 9.59 Å². The molecular formula is C20H24N4O3. The molecule has 2 aromatic rings. The van der Waals surface area contributed by atoms with Crippen molar-refractivity contribution >= 4 is 23.2 Å². The molecule has 1 fully saturated rings. The molecule has 0 aliphatic carbocycles. The van der Waals surface area contributed by atoms with Gasteiger partial charge in [-0.25, -0.2) is 0 Å². The lowest BCUT2D eigenvalue weighted by molar-refractivity contribution is -0.136. The normalized spacial score (nSPS) is 13.9. The Morgan fingerprint density at radius 2 is 1.74 bits per heavy atom. The van der Waals surface area contributed by atoms with E-state index in [1.807, 2.05) is 42.5 Å². The molecule has 0 unspecified atom stereocenters. The minimum Gasteiger partial charge on any atom is -0.378 e. The van der Waals surface area contributed by atoms with Crippen LogP contribution >= 0.6 is 0 Å². The van der Waals surface area contributed by atoms with E-state index in [4.69, 9.17) is 10.5 Å². The first-order valence-corrected chi connectivity index (χ1v) is 8.96. The van der Waals surface area contributed by atoms with E-state index >= 15 is 0 Å². The van der Waals surface area contributed by atoms with Crippen molar-refractivity contribution in [1.82, 2.24) is 5.32 Å². The predicted octanol–water partition coefficient (Wildman–Crippen LogP) is 1.24. The van der Waals surface area contributed by atoms with Gasteiger partial charge in [-0.2, -0.15) is 0 Å². The second kappa shape index (κ2) is 9.16. The van der Waals surface area contributed by atoms with Crippen molar-refractivity contribution in [3.05, 3.63) is 59.7 Å². The number of nitrogens with one attached hydrogen (secondary N) is 2. The first kappa shape index (κ1) is 18.9. The van der Waals surface area contributed by atoms with Gasteiger partial charge in [0.1, 0.15) is 0 Å². The smallest absolute Gasteiger partial charge is 0.313 e. The molecule has 7 heteroatoms. The van der Waals surface area contributed by atoms with Gasteiger partial charge in [0.05, 0.1) is 24.6 Å². The number of hydrogen-bond acceptors (Lipinski definition) is 5. The highest BCUT2D eigenvalue weighted by atomic mass is 16.5. The number of hydrogen-bond donors (Lipinski definition) is 3. The topological polar surface area (TPSA) is 96.7 Å². The highest BCUT2D eigenvalue weighted by Gasteiger charge is 2.18. The Labute approximate surface area is 158 Å². The molecule has 0 saturated carbocycles. The number of nitrogens with zero attached hydrogens (tertiary/aromatic N) is 1. The van der Waals surface area contributed by atoms with Crippen LogP contribution in [-0.2, 0) is 27.4 Å². The summed E-state index contributed by atoms with van der Waals surface area (Å²) in [5.74, 6) is -1.37. The fourth-order valence-corrected chi connectivity index (χ4v) is 2.97. The van der Waals surface area contributed by atoms with E-state index in [0.717, 1.165) is 29.9 Å². The third kappa shape index (κ3) is 5.06. The van der Waals surface area contributed by atoms with Crippen LogP contribution in [0.15, 0.2) is 48.5 Å². The van der Waals surface area contributed by atoms with E-state index in [9.17, 15) is 9.59 Å². The molecule has 0 atom stereocenters. The molecule has 0 aromatic heterocycles. The molecular weight excluding hydrogens is 344 g/mol. The van der Waals surface area contributed by atoms with Gasteiger partial charge in [0.2, 0.25) is 0 Å². The second-order valence-electron chi connectivity index (χ2n) is 6.28. The van der Waals surface area contributed by atoms with Gasteiger partial charge in [-0.1, -0.05) is 36.4 Å². The van der Waals surface area contributed by atoms with Crippen LogP contribution in [0.1, 0.15) is 11.1 Å². The van der Waals surface area contributed by atoms with Crippen molar-refractivity contribution in [3.63, 3.8) is 0 Å². The molecule has 27 heavy (non-hydrogen) atoms. The standard InChI is InChI=1S/C20H24N4O3/c21-13-15-4-3-5-16(12-15)14-22-19(25)20(26)23-17-6-1-2-7-18(17)24-8-10-27-11-9-24/h1-7,12H,8-11,13-14,21H2,(H,22,25)(H,23,26). The second-order valence-corrected chi connectivity index (χ2v) is 6.28. The Bertz CT molecular complexity index is 803. The summed E-state index contributed by atoms with van der Waals surface area (Å²) in [4.78, 5) is 26.6. The van der Waals surface area contributed by atoms with Crippen LogP contribution in [-0.4, -0.2) is 38.1 Å². The molecule has 1 aliphatic heterocycles. The first-order chi connectivity index (χ1) is 13.2. The minimum absolute atomic E-state index is 0.269. The zero-order chi connectivity index (χ0) is 19.1. The number of carbonyl (C=O) groups is 2. The fraction of sp³-hybridized carbons (Fsp3) is 0.300. The molecule has 1 heterocycles. The van der Waals surface area contributed by atoms with Crippen LogP contribution in [0.5, 0.6) is 0 Å². The van der Waals surface area contributed by atoms with Crippen molar-refractivity contribution in [2.24, 2.45) is 5.73 Å². The van der Waals surface area contributed by atoms with Gasteiger partial charge in [-0.05, 0) is 23.3 Å². The largest absolute Gasteiger partial charge is 0.378 e. The Balaban J connectivity index is 1.60. The summed E-state index contributed by atoms with van der Waals surface area (Å²) in [5.41, 5.74) is 9.00. The highest BCUT2D eigenvalue weighted by molar-refractivity contribution is 6.39. The van der Waals surface area contributed by atoms with Gasteiger partial charge < -0.3 is 26.0 Å². The van der Waals surface area contributed by atoms with Crippen LogP contribution in [0.2, 0.25) is 0 Å². The predicted molar refractivity (Wildman–Crippen MR) is 104 cm³/mol. The Morgan fingerprint density at radius 1 is 1.00 bits per heavy atom. The number of ether oxygens (including phenoxy) is 1. The van der Waals surface area contributed by atoms with Crippen LogP contribution in [0, 0.1) is 0 Å². The van der Waals surface area contributed by atoms with E-state index in [0.29, 0.717) is 25.4 Å². The zero-order valence-corrected chi connectivity index (χ0v) is 15.1. The van der Waals surface area contributed by atoms with E-state index < -0.39 is 11.8 Å². The highest BCUT2D eigenvalue weighted by Crippen LogP contribution is 2.26. The minimum atomic E-state index is -0.689. The van der Waals surface area contributed by atoms with Gasteiger partial charge in [0.25, 0.3) is 0 Å². The van der Waals surface area contributed by atoms with Crippen molar-refractivity contribution in [2.75, 3.05) is 36.5 Å². The van der Waals surface area contributed by atoms with Crippen LogP contribution in [0.3, 0.4) is 0 Å². The lowest BCUT2D eigenvalue weighted by atomic mass is 10.1. The number of carbonyl (C=O) groups excluding carboxylic acids is 2. The van der Waals surface area contributed by atoms with Crippen molar-refractivity contribution in [3.8, 4) is 0 Å². The van der Waals surface area contributed by atoms with Crippen molar-refractivity contribution < 1.29 is 14.3 Å². The molecule has 3 rings (SSSR count). The molecule has 0 bridgehead atoms. The van der Waals surface area contributed by atoms with Gasteiger partial charge in [-0.15, -0.1) is 0 Å². The van der Waals surface area contributed by atoms with E-state index in [2.05, 4.69) is 15.5 Å². The summed E-state index contributed by atoms with van der Waals surface area (Å²) in [7, 11) is 0. The number of nitrogens with two attached hydrogens (primary N) is 1. The maximum atomic E-state index is 12.3. The monoisotopic (exact) mass is 368 g/mol. The summed E-state index contributed by atoms with van der Waals surface area (Å²) in [5, 5.41) is 5.36. The van der Waals surface area contributed by atoms with Gasteiger partial charge >= 0.3 is 11.8 Å². The lowest BCUT2D eigenvalue weighted by Gasteiger charge is -2.30. The summed E-state index contributed by atoms with van der Waals surface area (Å²) < 4.78 is 5.37. The Hall–Kier alpha value is -2.90. The molecule has 0 radical (unpaired) electrons. The van der Waals surface area contributed by atoms with Crippen molar-refractivity contribution in [1.29, 1.82) is 0 Å². The summed E-state index contributed by atoms with van der Waals surface area (Å²) >= 11 is 0. The molecule has 2 amide bonds. The molecule has 0 spiro atoms. The summed E-state index contributed by atoms with van der Waals surface area (Å²) in [6, 6.07) is 15.0. The number of para-hydroxylation sites is 2. The zero-order valence-electron chi connectivity index (χ0n) is 15.1. The summed E-state index contributed by atoms with van der Waals surface area (Å²) in [6.07, 6.45) is 0. The third-order valence-corrected chi connectivity index (χ3v) is 4.39. The lowest BCUT2D eigenvalue weighted by Crippen LogP contribution is -2.38. The quantitative estimate of drug-likeness (QED) is 0.690. The fourth-order valence-electron chi connectivity index (χ4n) is 2.97. The van der Waals surface area contributed by atoms with Gasteiger partial charge in [0.15, 0.2) is 0 Å². The molecule has 7 nitrogen and oxygen atoms in total. The van der Waals surface area contributed by atoms with E-state index in [-0.39, 0.29) is 6.54 Å². The van der Waals surface area contributed by atoms with E-state index in [1.165, 1.54) is 0 Å². The van der Waals surface area contributed by atoms with E-state index in [1.54, 1.807) is 6.07 Å². The van der Waals surface area contributed by atoms with Crippen LogP contribution in [0.4, 0.5) is 11.4 Å². The SMILES string of the molecule is NCc1cccc(CNC(=O)C(=O)Nc2ccccc2N2CCOCC2)c1. The number of anilines is 2. The van der Waals surface area contributed by atoms with Gasteiger partial charge in [0, 0.05) is 26.2 Å². The molecule has 4 N–H and O–H groups in total. The number of rotatable bonds is 5. The Morgan fingerprint density at radius 3 is 2.52 bits per heavy atom. The van der Waals surface area contributed by atoms with Crippen LogP contribution < -0.4 is 21.3 Å². The van der Waals surface area contributed by atoms with Crippen LogP contribution in [0.25, 0.3) is 0 Å². The van der Waals surface area contributed by atoms with Crippen molar-refractivity contribution in [2.45, 2.75) is 13.1 Å². The first-order valence-electron chi connectivity index (χ1n) is 8.96. The third-order valence-electron chi connectivity index (χ3n) is 4.39. The molecule has 142 valence electrons. The number of morpholine rings is 1. The average molecular weight is 368 g/mol. The molecule has 1 saturated heterocycles. The molecule has 1 aliphatic rings. The number of benzene rings is 2. The molecule has 2 aromatic carbocycles. The Kier molecular flexibility index (Phi) is 6.40. The number of amides is 2.